The van der Waals surface area contributed by atoms with Crippen molar-refractivity contribution in [3.05, 3.63) is 64.2 Å². The van der Waals surface area contributed by atoms with E-state index >= 15 is 0 Å². The fraction of sp³-hybridized carbons (Fsp3) is 0.350. The molecule has 28 heavy (non-hydrogen) atoms. The fourth-order valence-corrected chi connectivity index (χ4v) is 4.97. The van der Waals surface area contributed by atoms with Crippen LogP contribution in [0.2, 0.25) is 5.02 Å². The van der Waals surface area contributed by atoms with Crippen LogP contribution in [0.4, 0.5) is 5.69 Å². The van der Waals surface area contributed by atoms with Crippen molar-refractivity contribution in [1.29, 1.82) is 0 Å². The molecule has 0 spiro atoms. The Bertz CT molecular complexity index is 953. The number of methoxy groups -OCH3 is 1. The van der Waals surface area contributed by atoms with Gasteiger partial charge in [-0.05, 0) is 42.3 Å². The smallest absolute Gasteiger partial charge is 0.337 e. The molecule has 1 aliphatic rings. The van der Waals surface area contributed by atoms with E-state index in [4.69, 9.17) is 11.6 Å². The Morgan fingerprint density at radius 2 is 1.71 bits per heavy atom. The Kier molecular flexibility index (Phi) is 6.27. The number of piperazine rings is 1. The van der Waals surface area contributed by atoms with Crippen LogP contribution in [-0.4, -0.2) is 52.0 Å². The number of carbonyl (C=O) groups excluding carboxylic acids is 1. The van der Waals surface area contributed by atoms with E-state index < -0.39 is 16.0 Å². The van der Waals surface area contributed by atoms with Crippen molar-refractivity contribution in [1.82, 2.24) is 4.31 Å². The van der Waals surface area contributed by atoms with E-state index in [-0.39, 0.29) is 5.75 Å². The first-order valence-electron chi connectivity index (χ1n) is 8.96. The van der Waals surface area contributed by atoms with Crippen LogP contribution >= 0.6 is 11.6 Å². The van der Waals surface area contributed by atoms with Crippen LogP contribution in [0.25, 0.3) is 0 Å². The molecule has 1 fully saturated rings. The lowest BCUT2D eigenvalue weighted by atomic mass is 10.1. The number of esters is 1. The Hall–Kier alpha value is -2.09. The quantitative estimate of drug-likeness (QED) is 0.692. The summed E-state index contributed by atoms with van der Waals surface area (Å²) in [6.07, 6.45) is 0. The molecule has 0 N–H and O–H groups in total. The van der Waals surface area contributed by atoms with E-state index in [1.54, 1.807) is 24.3 Å². The summed E-state index contributed by atoms with van der Waals surface area (Å²) in [6, 6.07) is 12.2. The molecule has 1 aliphatic heterocycles. The SMILES string of the molecule is COC(=O)c1ccc(CS(=O)(=O)N2CCN(c3cc(Cl)ccc3C)CC2)cc1. The standard InChI is InChI=1S/C20H23ClN2O4S/c1-15-3-8-18(21)13-19(15)22-9-11-23(12-10-22)28(25,26)14-16-4-6-17(7-5-16)20(24)27-2/h3-8,13H,9-12,14H2,1-2H3. The van der Waals surface area contributed by atoms with E-state index in [0.717, 1.165) is 11.3 Å². The lowest BCUT2D eigenvalue weighted by Crippen LogP contribution is -2.49. The maximum Gasteiger partial charge on any atom is 0.337 e. The van der Waals surface area contributed by atoms with Gasteiger partial charge in [0.25, 0.3) is 0 Å². The summed E-state index contributed by atoms with van der Waals surface area (Å²) in [5.74, 6) is -0.535. The Morgan fingerprint density at radius 1 is 1.07 bits per heavy atom. The number of sulfonamides is 1. The zero-order valence-electron chi connectivity index (χ0n) is 15.9. The third-order valence-corrected chi connectivity index (χ3v) is 6.95. The van der Waals surface area contributed by atoms with E-state index in [1.165, 1.54) is 11.4 Å². The summed E-state index contributed by atoms with van der Waals surface area (Å²) >= 11 is 6.11. The molecule has 2 aromatic rings. The van der Waals surface area contributed by atoms with Crippen LogP contribution in [0.3, 0.4) is 0 Å². The fourth-order valence-electron chi connectivity index (χ4n) is 3.29. The molecule has 150 valence electrons. The summed E-state index contributed by atoms with van der Waals surface area (Å²) in [4.78, 5) is 13.7. The molecule has 0 aliphatic carbocycles. The second kappa shape index (κ2) is 8.51. The average molecular weight is 423 g/mol. The van der Waals surface area contributed by atoms with Crippen molar-refractivity contribution < 1.29 is 17.9 Å². The molecule has 0 saturated carbocycles. The molecule has 0 amide bonds. The van der Waals surface area contributed by atoms with E-state index in [0.29, 0.717) is 42.3 Å². The van der Waals surface area contributed by atoms with Gasteiger partial charge in [0, 0.05) is 36.9 Å². The molecule has 3 rings (SSSR count). The number of hydrogen-bond donors (Lipinski definition) is 0. The first kappa shape index (κ1) is 20.6. The van der Waals surface area contributed by atoms with Crippen molar-refractivity contribution in [2.24, 2.45) is 0 Å². The molecule has 0 unspecified atom stereocenters. The van der Waals surface area contributed by atoms with Crippen LogP contribution in [-0.2, 0) is 20.5 Å². The molecule has 1 heterocycles. The Morgan fingerprint density at radius 3 is 2.32 bits per heavy atom. The highest BCUT2D eigenvalue weighted by atomic mass is 35.5. The van der Waals surface area contributed by atoms with Gasteiger partial charge in [-0.2, -0.15) is 4.31 Å². The minimum absolute atomic E-state index is 0.0926. The van der Waals surface area contributed by atoms with Gasteiger partial charge in [0.05, 0.1) is 18.4 Å². The Labute approximate surface area is 170 Å². The van der Waals surface area contributed by atoms with Crippen LogP contribution in [0.1, 0.15) is 21.5 Å². The number of hydrogen-bond acceptors (Lipinski definition) is 5. The van der Waals surface area contributed by atoms with Crippen LogP contribution in [0.15, 0.2) is 42.5 Å². The second-order valence-corrected chi connectivity index (χ2v) is 9.17. The van der Waals surface area contributed by atoms with Crippen molar-refractivity contribution in [2.75, 3.05) is 38.2 Å². The maximum absolute atomic E-state index is 12.8. The van der Waals surface area contributed by atoms with Crippen LogP contribution in [0.5, 0.6) is 0 Å². The third kappa shape index (κ3) is 4.66. The minimum atomic E-state index is -3.43. The first-order valence-corrected chi connectivity index (χ1v) is 10.9. The van der Waals surface area contributed by atoms with E-state index in [9.17, 15) is 13.2 Å². The molecule has 0 aromatic heterocycles. The molecular weight excluding hydrogens is 400 g/mol. The summed E-state index contributed by atoms with van der Waals surface area (Å²) in [6.45, 7) is 4.10. The zero-order chi connectivity index (χ0) is 20.3. The predicted molar refractivity (Wildman–Crippen MR) is 110 cm³/mol. The topological polar surface area (TPSA) is 66.9 Å². The lowest BCUT2D eigenvalue weighted by molar-refractivity contribution is 0.0600. The summed E-state index contributed by atoms with van der Waals surface area (Å²) < 4.78 is 31.8. The summed E-state index contributed by atoms with van der Waals surface area (Å²) in [5, 5.41) is 0.672. The highest BCUT2D eigenvalue weighted by Crippen LogP contribution is 2.26. The normalized spacial score (nSPS) is 15.5. The van der Waals surface area contributed by atoms with Gasteiger partial charge in [0.1, 0.15) is 0 Å². The molecular formula is C20H23ClN2O4S. The molecule has 0 atom stereocenters. The molecule has 6 nitrogen and oxygen atoms in total. The molecule has 8 heteroatoms. The monoisotopic (exact) mass is 422 g/mol. The third-order valence-electron chi connectivity index (χ3n) is 4.87. The number of anilines is 1. The van der Waals surface area contributed by atoms with Crippen LogP contribution in [0, 0.1) is 6.92 Å². The van der Waals surface area contributed by atoms with Gasteiger partial charge in [-0.15, -0.1) is 0 Å². The highest BCUT2D eigenvalue weighted by Gasteiger charge is 2.27. The van der Waals surface area contributed by atoms with E-state index in [1.807, 2.05) is 25.1 Å². The second-order valence-electron chi connectivity index (χ2n) is 6.76. The van der Waals surface area contributed by atoms with Crippen molar-refractivity contribution in [3.63, 3.8) is 0 Å². The molecule has 0 radical (unpaired) electrons. The van der Waals surface area contributed by atoms with Gasteiger partial charge >= 0.3 is 5.97 Å². The van der Waals surface area contributed by atoms with Crippen LogP contribution < -0.4 is 4.90 Å². The highest BCUT2D eigenvalue weighted by molar-refractivity contribution is 7.88. The minimum Gasteiger partial charge on any atom is -0.465 e. The number of ether oxygens (including phenoxy) is 1. The van der Waals surface area contributed by atoms with E-state index in [2.05, 4.69) is 9.64 Å². The zero-order valence-corrected chi connectivity index (χ0v) is 17.5. The van der Waals surface area contributed by atoms with Crippen molar-refractivity contribution in [3.8, 4) is 0 Å². The lowest BCUT2D eigenvalue weighted by Gasteiger charge is -2.36. The molecule has 0 bridgehead atoms. The first-order chi connectivity index (χ1) is 13.3. The maximum atomic E-state index is 12.8. The van der Waals surface area contributed by atoms with Gasteiger partial charge in [-0.25, -0.2) is 13.2 Å². The predicted octanol–water partition coefficient (Wildman–Crippen LogP) is 3.09. The average Bonchev–Trinajstić information content (AvgIpc) is 2.69. The summed E-state index contributed by atoms with van der Waals surface area (Å²) in [7, 11) is -2.12. The number of benzene rings is 2. The van der Waals surface area contributed by atoms with Gasteiger partial charge < -0.3 is 9.64 Å². The number of rotatable bonds is 5. The largest absolute Gasteiger partial charge is 0.465 e. The molecule has 2 aromatic carbocycles. The van der Waals surface area contributed by atoms with Crippen molar-refractivity contribution in [2.45, 2.75) is 12.7 Å². The van der Waals surface area contributed by atoms with Crippen molar-refractivity contribution >= 4 is 33.3 Å². The number of nitrogens with zero attached hydrogens (tertiary/aromatic N) is 2. The number of carbonyl (C=O) groups is 1. The van der Waals surface area contributed by atoms with Gasteiger partial charge in [0.15, 0.2) is 0 Å². The summed E-state index contributed by atoms with van der Waals surface area (Å²) in [5.41, 5.74) is 3.20. The van der Waals surface area contributed by atoms with Gasteiger partial charge in [0.2, 0.25) is 10.0 Å². The Balaban J connectivity index is 1.64. The van der Waals surface area contributed by atoms with Gasteiger partial charge in [-0.3, -0.25) is 0 Å². The number of halogens is 1. The number of aryl methyl sites for hydroxylation is 1. The molecule has 1 saturated heterocycles. The van der Waals surface area contributed by atoms with Gasteiger partial charge in [-0.1, -0.05) is 29.8 Å².